The van der Waals surface area contributed by atoms with Crippen LogP contribution in [0.25, 0.3) is 0 Å². The van der Waals surface area contributed by atoms with Gasteiger partial charge in [0.1, 0.15) is 0 Å². The van der Waals surface area contributed by atoms with Crippen LogP contribution >= 0.6 is 11.8 Å². The average molecular weight is 338 g/mol. The first-order chi connectivity index (χ1) is 11.2. The van der Waals surface area contributed by atoms with Crippen LogP contribution in [0.3, 0.4) is 0 Å². The summed E-state index contributed by atoms with van der Waals surface area (Å²) in [6, 6.07) is 0.575. The number of hydrogen-bond donors (Lipinski definition) is 2. The van der Waals surface area contributed by atoms with Crippen molar-refractivity contribution in [3.63, 3.8) is 0 Å². The number of guanidine groups is 1. The fourth-order valence-electron chi connectivity index (χ4n) is 5.13. The Bertz CT molecular complexity index is 471. The quantitative estimate of drug-likeness (QED) is 0.612. The molecule has 2 N–H and O–H groups in total. The Hall–Kier alpha value is -0.420. The topological polar surface area (TPSA) is 45.7 Å². The number of rotatable bonds is 4. The highest BCUT2D eigenvalue weighted by Crippen LogP contribution is 2.62. The number of nitrogens with zero attached hydrogens (tertiary/aromatic N) is 1. The maximum atomic E-state index is 6.04. The lowest BCUT2D eigenvalue weighted by Crippen LogP contribution is -2.72. The third-order valence-electron chi connectivity index (χ3n) is 6.54. The predicted molar refractivity (Wildman–Crippen MR) is 97.1 cm³/mol. The van der Waals surface area contributed by atoms with Crippen LogP contribution in [0.1, 0.15) is 52.4 Å². The molecule has 4 fully saturated rings. The molecule has 130 valence electrons. The van der Waals surface area contributed by atoms with Crippen LogP contribution in [0.5, 0.6) is 0 Å². The lowest BCUT2D eigenvalue weighted by molar-refractivity contribution is -0.171. The molecule has 5 heteroatoms. The van der Waals surface area contributed by atoms with E-state index in [1.165, 1.54) is 44.3 Å². The van der Waals surface area contributed by atoms with E-state index in [2.05, 4.69) is 36.2 Å². The first-order valence-corrected chi connectivity index (χ1v) is 10.5. The molecule has 0 bridgehead atoms. The number of aliphatic imine (C=N–C) groups is 1. The van der Waals surface area contributed by atoms with Crippen LogP contribution < -0.4 is 10.6 Å². The molecule has 1 spiro atoms. The smallest absolute Gasteiger partial charge is 0.191 e. The summed E-state index contributed by atoms with van der Waals surface area (Å²) < 4.78 is 6.38. The van der Waals surface area contributed by atoms with Gasteiger partial charge >= 0.3 is 0 Å². The largest absolute Gasteiger partial charge is 0.377 e. The van der Waals surface area contributed by atoms with E-state index in [-0.39, 0.29) is 0 Å². The van der Waals surface area contributed by atoms with Crippen molar-refractivity contribution in [2.45, 2.75) is 69.3 Å². The molecular weight excluding hydrogens is 306 g/mol. The van der Waals surface area contributed by atoms with Crippen molar-refractivity contribution in [1.29, 1.82) is 0 Å². The predicted octanol–water partition coefficient (Wildman–Crippen LogP) is 2.78. The van der Waals surface area contributed by atoms with Crippen molar-refractivity contribution in [3.8, 4) is 0 Å². The van der Waals surface area contributed by atoms with Gasteiger partial charge in [0.15, 0.2) is 5.96 Å². The molecule has 0 aromatic carbocycles. The molecule has 0 aromatic rings. The van der Waals surface area contributed by atoms with Gasteiger partial charge in [-0.3, -0.25) is 4.99 Å². The monoisotopic (exact) mass is 337 g/mol. The van der Waals surface area contributed by atoms with Gasteiger partial charge in [-0.1, -0.05) is 6.42 Å². The van der Waals surface area contributed by atoms with Gasteiger partial charge in [0, 0.05) is 35.3 Å². The Balaban J connectivity index is 1.43. The molecule has 2 aliphatic carbocycles. The summed E-state index contributed by atoms with van der Waals surface area (Å²) in [6.07, 6.45) is 8.42. The molecule has 0 radical (unpaired) electrons. The fourth-order valence-corrected chi connectivity index (χ4v) is 6.36. The molecule has 4 aliphatic rings. The van der Waals surface area contributed by atoms with Gasteiger partial charge in [-0.05, 0) is 51.7 Å². The van der Waals surface area contributed by atoms with Crippen LogP contribution in [0.4, 0.5) is 0 Å². The van der Waals surface area contributed by atoms with Gasteiger partial charge in [0.05, 0.1) is 12.6 Å². The number of thioether (sulfide) groups is 1. The lowest BCUT2D eigenvalue weighted by atomic mass is 9.46. The molecule has 2 heterocycles. The fraction of sp³-hybridized carbons (Fsp3) is 0.944. The number of ether oxygens (including phenoxy) is 1. The Morgan fingerprint density at radius 1 is 1.30 bits per heavy atom. The van der Waals surface area contributed by atoms with Crippen molar-refractivity contribution in [3.05, 3.63) is 0 Å². The zero-order chi connectivity index (χ0) is 15.9. The molecular formula is C18H31N3OS. The number of nitrogens with one attached hydrogen (secondary N) is 2. The van der Waals surface area contributed by atoms with Gasteiger partial charge in [-0.2, -0.15) is 11.8 Å². The minimum absolute atomic E-state index is 0.342. The molecule has 2 saturated heterocycles. The maximum Gasteiger partial charge on any atom is 0.191 e. The minimum Gasteiger partial charge on any atom is -0.377 e. The van der Waals surface area contributed by atoms with Crippen molar-refractivity contribution in [2.24, 2.45) is 16.3 Å². The van der Waals surface area contributed by atoms with Crippen LogP contribution in [-0.2, 0) is 4.74 Å². The maximum absolute atomic E-state index is 6.04. The van der Waals surface area contributed by atoms with Crippen molar-refractivity contribution >= 4 is 17.7 Å². The van der Waals surface area contributed by atoms with Gasteiger partial charge in [0.2, 0.25) is 0 Å². The summed E-state index contributed by atoms with van der Waals surface area (Å²) >= 11 is 2.09. The average Bonchev–Trinajstić information content (AvgIpc) is 3.09. The molecule has 4 unspecified atom stereocenters. The molecule has 2 aliphatic heterocycles. The van der Waals surface area contributed by atoms with E-state index in [9.17, 15) is 0 Å². The van der Waals surface area contributed by atoms with Crippen molar-refractivity contribution in [1.82, 2.24) is 10.6 Å². The van der Waals surface area contributed by atoms with Crippen LogP contribution in [0.15, 0.2) is 4.99 Å². The summed E-state index contributed by atoms with van der Waals surface area (Å²) in [5.74, 6) is 3.03. The molecule has 0 amide bonds. The van der Waals surface area contributed by atoms with Gasteiger partial charge in [-0.15, -0.1) is 0 Å². The zero-order valence-corrected chi connectivity index (χ0v) is 15.4. The summed E-state index contributed by atoms with van der Waals surface area (Å²) in [4.78, 5) is 4.96. The van der Waals surface area contributed by atoms with E-state index in [1.54, 1.807) is 0 Å². The van der Waals surface area contributed by atoms with E-state index in [0.717, 1.165) is 25.7 Å². The molecule has 4 rings (SSSR count). The number of hydrogen-bond acceptors (Lipinski definition) is 3. The van der Waals surface area contributed by atoms with Gasteiger partial charge in [-0.25, -0.2) is 0 Å². The Kier molecular flexibility index (Phi) is 4.29. The minimum atomic E-state index is 0.342. The standard InChI is InChI=1S/C18H31N3OS/c1-3-19-16(20-12-17(2)7-5-11-23-17)21-14-13-6-10-22-15(13)18(14)8-4-9-18/h13-15H,3-12H2,1-2H3,(H2,19,20,21). The van der Waals surface area contributed by atoms with Crippen LogP contribution in [-0.4, -0.2) is 48.3 Å². The highest BCUT2D eigenvalue weighted by molar-refractivity contribution is 8.00. The first-order valence-electron chi connectivity index (χ1n) is 9.47. The molecule has 0 aromatic heterocycles. The van der Waals surface area contributed by atoms with E-state index in [1.807, 2.05) is 0 Å². The van der Waals surface area contributed by atoms with E-state index in [4.69, 9.17) is 9.73 Å². The summed E-state index contributed by atoms with van der Waals surface area (Å²) in [6.45, 7) is 7.34. The van der Waals surface area contributed by atoms with E-state index < -0.39 is 0 Å². The van der Waals surface area contributed by atoms with Gasteiger partial charge < -0.3 is 15.4 Å². The first kappa shape index (κ1) is 16.1. The van der Waals surface area contributed by atoms with E-state index >= 15 is 0 Å². The highest BCUT2D eigenvalue weighted by Gasteiger charge is 2.66. The van der Waals surface area contributed by atoms with Crippen molar-refractivity contribution < 1.29 is 4.74 Å². The lowest BCUT2D eigenvalue weighted by Gasteiger charge is -2.63. The normalized spacial score (nSPS) is 41.3. The van der Waals surface area contributed by atoms with Crippen molar-refractivity contribution in [2.75, 3.05) is 25.4 Å². The highest BCUT2D eigenvalue weighted by atomic mass is 32.2. The summed E-state index contributed by atoms with van der Waals surface area (Å²) in [7, 11) is 0. The second kappa shape index (κ2) is 6.14. The second-order valence-electron chi connectivity index (χ2n) is 8.05. The summed E-state index contributed by atoms with van der Waals surface area (Å²) in [5, 5.41) is 7.29. The van der Waals surface area contributed by atoms with E-state index in [0.29, 0.717) is 28.2 Å². The molecule has 2 saturated carbocycles. The Labute approximate surface area is 144 Å². The summed E-state index contributed by atoms with van der Waals surface area (Å²) in [5.41, 5.74) is 0.420. The zero-order valence-electron chi connectivity index (χ0n) is 14.6. The number of fused-ring (bicyclic) bond motifs is 2. The SMILES string of the molecule is CCNC(=NCC1(C)CCCS1)NC1C2CCOC2C12CCC2. The third kappa shape index (κ3) is 2.68. The molecule has 4 atom stereocenters. The molecule has 4 nitrogen and oxygen atoms in total. The third-order valence-corrected chi connectivity index (χ3v) is 8.07. The second-order valence-corrected chi connectivity index (χ2v) is 9.73. The Morgan fingerprint density at radius 2 is 2.17 bits per heavy atom. The molecule has 23 heavy (non-hydrogen) atoms. The van der Waals surface area contributed by atoms with Crippen LogP contribution in [0.2, 0.25) is 0 Å². The Morgan fingerprint density at radius 3 is 2.83 bits per heavy atom. The van der Waals surface area contributed by atoms with Gasteiger partial charge in [0.25, 0.3) is 0 Å². The van der Waals surface area contributed by atoms with Crippen LogP contribution in [0, 0.1) is 11.3 Å².